The molecule has 0 bridgehead atoms. The average Bonchev–Trinajstić information content (AvgIpc) is 2.41. The smallest absolute Gasteiger partial charge is 0.255 e. The Morgan fingerprint density at radius 2 is 1.85 bits per heavy atom. The van der Waals surface area contributed by atoms with E-state index in [9.17, 15) is 4.79 Å². The number of nitrogen functional groups attached to an aromatic ring is 1. The van der Waals surface area contributed by atoms with Crippen molar-refractivity contribution < 1.29 is 9.53 Å². The number of methoxy groups -OCH3 is 1. The summed E-state index contributed by atoms with van der Waals surface area (Å²) in [6, 6.07) is 5.43. The van der Waals surface area contributed by atoms with Gasteiger partial charge in [0.25, 0.3) is 5.91 Å². The molecule has 110 valence electrons. The Bertz CT molecular complexity index is 452. The Morgan fingerprint density at radius 3 is 2.50 bits per heavy atom. The van der Waals surface area contributed by atoms with Gasteiger partial charge in [0.1, 0.15) is 5.75 Å². The lowest BCUT2D eigenvalue weighted by atomic mass is 9.96. The lowest BCUT2D eigenvalue weighted by molar-refractivity contribution is 0.0927. The molecular formula is C16H24N2O2. The van der Waals surface area contributed by atoms with Crippen molar-refractivity contribution in [3.05, 3.63) is 23.8 Å². The second-order valence-electron chi connectivity index (χ2n) is 5.48. The Kier molecular flexibility index (Phi) is 5.27. The summed E-state index contributed by atoms with van der Waals surface area (Å²) in [6.45, 7) is 0. The molecule has 0 radical (unpaired) electrons. The molecule has 0 aromatic heterocycles. The van der Waals surface area contributed by atoms with Crippen molar-refractivity contribution >= 4 is 11.6 Å². The lowest BCUT2D eigenvalue weighted by Gasteiger charge is -2.21. The molecule has 1 fully saturated rings. The molecule has 1 saturated carbocycles. The Balaban J connectivity index is 2.03. The summed E-state index contributed by atoms with van der Waals surface area (Å²) in [5, 5.41) is 3.14. The van der Waals surface area contributed by atoms with Crippen LogP contribution in [0.25, 0.3) is 0 Å². The minimum Gasteiger partial charge on any atom is -0.496 e. The van der Waals surface area contributed by atoms with Gasteiger partial charge in [0.2, 0.25) is 0 Å². The van der Waals surface area contributed by atoms with Crippen molar-refractivity contribution in [2.24, 2.45) is 0 Å². The van der Waals surface area contributed by atoms with Crippen LogP contribution in [0.15, 0.2) is 18.2 Å². The molecule has 2 rings (SSSR count). The molecular weight excluding hydrogens is 252 g/mol. The van der Waals surface area contributed by atoms with Gasteiger partial charge in [-0.2, -0.15) is 0 Å². The second kappa shape index (κ2) is 7.17. The third-order valence-electron chi connectivity index (χ3n) is 3.91. The normalized spacial score (nSPS) is 17.1. The first-order valence-corrected chi connectivity index (χ1v) is 7.45. The van der Waals surface area contributed by atoms with Gasteiger partial charge in [-0.1, -0.05) is 32.1 Å². The summed E-state index contributed by atoms with van der Waals surface area (Å²) in [7, 11) is 1.56. The van der Waals surface area contributed by atoms with Crippen molar-refractivity contribution in [1.29, 1.82) is 0 Å². The van der Waals surface area contributed by atoms with Gasteiger partial charge in [0.05, 0.1) is 12.7 Å². The van der Waals surface area contributed by atoms with Gasteiger partial charge >= 0.3 is 0 Å². The number of nitrogens with one attached hydrogen (secondary N) is 1. The van der Waals surface area contributed by atoms with Crippen molar-refractivity contribution in [3.63, 3.8) is 0 Å². The number of benzene rings is 1. The van der Waals surface area contributed by atoms with E-state index in [1.165, 1.54) is 32.1 Å². The lowest BCUT2D eigenvalue weighted by Crippen LogP contribution is -2.35. The molecule has 1 amide bonds. The summed E-state index contributed by atoms with van der Waals surface area (Å²) in [5.41, 5.74) is 6.87. The minimum atomic E-state index is -0.0626. The summed E-state index contributed by atoms with van der Waals surface area (Å²) < 4.78 is 5.24. The first-order valence-electron chi connectivity index (χ1n) is 7.45. The monoisotopic (exact) mass is 276 g/mol. The first-order chi connectivity index (χ1) is 9.70. The van der Waals surface area contributed by atoms with Crippen molar-refractivity contribution in [2.45, 2.75) is 51.0 Å². The van der Waals surface area contributed by atoms with Crippen LogP contribution in [0.3, 0.4) is 0 Å². The predicted octanol–water partition coefficient (Wildman–Crippen LogP) is 3.12. The van der Waals surface area contributed by atoms with Crippen LogP contribution in [0.4, 0.5) is 5.69 Å². The molecule has 1 aliphatic rings. The van der Waals surface area contributed by atoms with E-state index in [4.69, 9.17) is 10.5 Å². The second-order valence-corrected chi connectivity index (χ2v) is 5.48. The highest BCUT2D eigenvalue weighted by atomic mass is 16.5. The molecule has 0 saturated heterocycles. The molecule has 1 aromatic rings. The number of ether oxygens (including phenoxy) is 1. The zero-order chi connectivity index (χ0) is 14.4. The number of amides is 1. The van der Waals surface area contributed by atoms with Crippen molar-refractivity contribution in [2.75, 3.05) is 12.8 Å². The van der Waals surface area contributed by atoms with Gasteiger partial charge in [-0.25, -0.2) is 0 Å². The Morgan fingerprint density at radius 1 is 1.20 bits per heavy atom. The van der Waals surface area contributed by atoms with Crippen LogP contribution in [-0.2, 0) is 0 Å². The topological polar surface area (TPSA) is 64.3 Å². The van der Waals surface area contributed by atoms with E-state index >= 15 is 0 Å². The summed E-state index contributed by atoms with van der Waals surface area (Å²) in [6.07, 6.45) is 8.42. The quantitative estimate of drug-likeness (QED) is 0.834. The molecule has 1 aliphatic carbocycles. The predicted molar refractivity (Wildman–Crippen MR) is 81.0 cm³/mol. The van der Waals surface area contributed by atoms with Crippen LogP contribution < -0.4 is 15.8 Å². The maximum atomic E-state index is 12.4. The largest absolute Gasteiger partial charge is 0.496 e. The third-order valence-corrected chi connectivity index (χ3v) is 3.91. The Hall–Kier alpha value is -1.71. The van der Waals surface area contributed by atoms with Crippen molar-refractivity contribution in [3.8, 4) is 5.75 Å². The molecule has 0 atom stereocenters. The van der Waals surface area contributed by atoms with Gasteiger partial charge in [-0.3, -0.25) is 4.79 Å². The number of hydrogen-bond acceptors (Lipinski definition) is 3. The molecule has 20 heavy (non-hydrogen) atoms. The number of anilines is 1. The minimum absolute atomic E-state index is 0.0626. The van der Waals surface area contributed by atoms with Gasteiger partial charge < -0.3 is 15.8 Å². The van der Waals surface area contributed by atoms with E-state index in [1.54, 1.807) is 25.3 Å². The molecule has 3 N–H and O–H groups in total. The summed E-state index contributed by atoms with van der Waals surface area (Å²) >= 11 is 0. The molecule has 0 heterocycles. The van der Waals surface area contributed by atoms with E-state index in [0.717, 1.165) is 12.8 Å². The summed E-state index contributed by atoms with van der Waals surface area (Å²) in [5.74, 6) is 0.473. The molecule has 4 nitrogen and oxygen atoms in total. The number of carbonyl (C=O) groups excluding carboxylic acids is 1. The maximum Gasteiger partial charge on any atom is 0.255 e. The number of rotatable bonds is 3. The van der Waals surface area contributed by atoms with Gasteiger partial charge in [0.15, 0.2) is 0 Å². The van der Waals surface area contributed by atoms with Gasteiger partial charge in [-0.15, -0.1) is 0 Å². The SMILES string of the molecule is COc1cc(N)ccc1C(=O)NC1CCCCCCC1. The summed E-state index contributed by atoms with van der Waals surface area (Å²) in [4.78, 5) is 12.4. The van der Waals surface area contributed by atoms with Crippen LogP contribution in [0.2, 0.25) is 0 Å². The van der Waals surface area contributed by atoms with Crippen LogP contribution in [0.5, 0.6) is 5.75 Å². The van der Waals surface area contributed by atoms with E-state index in [0.29, 0.717) is 17.0 Å². The number of nitrogens with two attached hydrogens (primary N) is 1. The number of hydrogen-bond donors (Lipinski definition) is 2. The highest BCUT2D eigenvalue weighted by molar-refractivity contribution is 5.97. The highest BCUT2D eigenvalue weighted by Crippen LogP contribution is 2.23. The van der Waals surface area contributed by atoms with Crippen molar-refractivity contribution in [1.82, 2.24) is 5.32 Å². The molecule has 4 heteroatoms. The standard InChI is InChI=1S/C16H24N2O2/c1-20-15-11-12(17)9-10-14(15)16(19)18-13-7-5-3-2-4-6-8-13/h9-11,13H,2-8,17H2,1H3,(H,18,19). The van der Waals surface area contributed by atoms with E-state index in [1.807, 2.05) is 0 Å². The zero-order valence-electron chi connectivity index (χ0n) is 12.2. The van der Waals surface area contributed by atoms with Crippen LogP contribution in [0, 0.1) is 0 Å². The van der Waals surface area contributed by atoms with E-state index in [-0.39, 0.29) is 11.9 Å². The Labute approximate surface area is 120 Å². The maximum absolute atomic E-state index is 12.4. The van der Waals surface area contributed by atoms with E-state index < -0.39 is 0 Å². The van der Waals surface area contributed by atoms with Crippen LogP contribution in [-0.4, -0.2) is 19.1 Å². The fraction of sp³-hybridized carbons (Fsp3) is 0.562. The fourth-order valence-corrected chi connectivity index (χ4v) is 2.76. The average molecular weight is 276 g/mol. The number of carbonyl (C=O) groups is 1. The molecule has 0 unspecified atom stereocenters. The molecule has 0 spiro atoms. The highest BCUT2D eigenvalue weighted by Gasteiger charge is 2.17. The fourth-order valence-electron chi connectivity index (χ4n) is 2.76. The van der Waals surface area contributed by atoms with E-state index in [2.05, 4.69) is 5.32 Å². The van der Waals surface area contributed by atoms with Gasteiger partial charge in [0, 0.05) is 17.8 Å². The first kappa shape index (κ1) is 14.7. The zero-order valence-corrected chi connectivity index (χ0v) is 12.2. The third kappa shape index (κ3) is 3.89. The van der Waals surface area contributed by atoms with Gasteiger partial charge in [-0.05, 0) is 25.0 Å². The van der Waals surface area contributed by atoms with Crippen LogP contribution in [0.1, 0.15) is 55.3 Å². The molecule has 1 aromatic carbocycles. The van der Waals surface area contributed by atoms with Crippen LogP contribution >= 0.6 is 0 Å². The molecule has 0 aliphatic heterocycles.